The van der Waals surface area contributed by atoms with E-state index in [0.29, 0.717) is 12.8 Å². The highest BCUT2D eigenvalue weighted by atomic mass is 32.2. The van der Waals surface area contributed by atoms with Crippen molar-refractivity contribution in [1.82, 2.24) is 5.12 Å². The Morgan fingerprint density at radius 3 is 2.60 bits per heavy atom. The molecule has 7 heteroatoms. The fraction of sp³-hybridized carbons (Fsp3) is 0.625. The van der Waals surface area contributed by atoms with Gasteiger partial charge in [0.2, 0.25) is 0 Å². The molecular weight excluding hydrogens is 222 g/mol. The van der Waals surface area contributed by atoms with Crippen molar-refractivity contribution < 1.29 is 8.78 Å². The summed E-state index contributed by atoms with van der Waals surface area (Å²) in [4.78, 5) is 0.797. The van der Waals surface area contributed by atoms with Gasteiger partial charge in [-0.05, 0) is 24.7 Å². The summed E-state index contributed by atoms with van der Waals surface area (Å²) in [5.74, 6) is 0. The molecule has 0 saturated heterocycles. The molecule has 0 aliphatic heterocycles. The standard InChI is InChI=1S/C8H12F2N4S/c1-6(2)15-5-12-14(13-11)8(3-4-8)7(9)10/h5,7,11H,1,3-4H2,2H3/b12-5-,13-11?. The van der Waals surface area contributed by atoms with E-state index in [1.165, 1.54) is 17.3 Å². The van der Waals surface area contributed by atoms with E-state index in [9.17, 15) is 8.78 Å². The van der Waals surface area contributed by atoms with Crippen molar-refractivity contribution in [3.63, 3.8) is 0 Å². The van der Waals surface area contributed by atoms with Crippen LogP contribution >= 0.6 is 11.8 Å². The second-order valence-electron chi connectivity index (χ2n) is 3.33. The molecule has 0 atom stereocenters. The summed E-state index contributed by atoms with van der Waals surface area (Å²) in [5.41, 5.74) is 6.83. The van der Waals surface area contributed by atoms with Gasteiger partial charge in [-0.3, -0.25) is 0 Å². The number of alkyl halides is 2. The monoisotopic (exact) mass is 234 g/mol. The zero-order chi connectivity index (χ0) is 11.5. The Labute approximate surface area is 90.9 Å². The molecule has 0 aromatic carbocycles. The zero-order valence-corrected chi connectivity index (χ0v) is 9.10. The molecule has 0 spiro atoms. The fourth-order valence-corrected chi connectivity index (χ4v) is 1.35. The second-order valence-corrected chi connectivity index (χ2v) is 4.48. The third-order valence-electron chi connectivity index (χ3n) is 2.07. The number of nitrogens with one attached hydrogen (secondary N) is 1. The molecule has 4 nitrogen and oxygen atoms in total. The van der Waals surface area contributed by atoms with E-state index in [0.717, 1.165) is 10.0 Å². The average molecular weight is 234 g/mol. The lowest BCUT2D eigenvalue weighted by Gasteiger charge is -2.21. The lowest BCUT2D eigenvalue weighted by molar-refractivity contribution is 0.00437. The van der Waals surface area contributed by atoms with E-state index in [1.54, 1.807) is 6.92 Å². The maximum absolute atomic E-state index is 12.6. The number of hydrogen-bond acceptors (Lipinski definition) is 4. The number of halogens is 2. The van der Waals surface area contributed by atoms with E-state index in [4.69, 9.17) is 5.53 Å². The Balaban J connectivity index is 2.60. The minimum Gasteiger partial charge on any atom is -0.208 e. The summed E-state index contributed by atoms with van der Waals surface area (Å²) >= 11 is 1.21. The van der Waals surface area contributed by atoms with Gasteiger partial charge in [-0.15, -0.1) is 0 Å². The van der Waals surface area contributed by atoms with Gasteiger partial charge in [0.15, 0.2) is 0 Å². The Morgan fingerprint density at radius 2 is 2.27 bits per heavy atom. The molecule has 1 N–H and O–H groups in total. The lowest BCUT2D eigenvalue weighted by atomic mass is 10.3. The largest absolute Gasteiger partial charge is 0.265 e. The van der Waals surface area contributed by atoms with Crippen LogP contribution in [-0.2, 0) is 0 Å². The molecule has 84 valence electrons. The molecule has 1 saturated carbocycles. The predicted molar refractivity (Wildman–Crippen MR) is 55.9 cm³/mol. The SMILES string of the molecule is C=C(C)S/C=N\N(N=N)C1(C(F)F)CC1. The van der Waals surface area contributed by atoms with Crippen LogP contribution in [0.5, 0.6) is 0 Å². The average Bonchev–Trinajstić information content (AvgIpc) is 2.92. The Morgan fingerprint density at radius 1 is 1.67 bits per heavy atom. The van der Waals surface area contributed by atoms with Gasteiger partial charge in [-0.1, -0.05) is 23.6 Å². The lowest BCUT2D eigenvalue weighted by Crippen LogP contribution is -2.35. The summed E-state index contributed by atoms with van der Waals surface area (Å²) in [6, 6.07) is 0. The summed E-state index contributed by atoms with van der Waals surface area (Å²) < 4.78 is 25.2. The van der Waals surface area contributed by atoms with Crippen LogP contribution in [0, 0.1) is 5.53 Å². The van der Waals surface area contributed by atoms with Gasteiger partial charge >= 0.3 is 0 Å². The van der Waals surface area contributed by atoms with Gasteiger partial charge in [-0.25, -0.2) is 8.78 Å². The van der Waals surface area contributed by atoms with Crippen molar-refractivity contribution in [2.75, 3.05) is 0 Å². The van der Waals surface area contributed by atoms with Crippen molar-refractivity contribution in [1.29, 1.82) is 5.53 Å². The fourth-order valence-electron chi connectivity index (χ4n) is 1.03. The van der Waals surface area contributed by atoms with Crippen molar-refractivity contribution in [2.45, 2.75) is 31.7 Å². The Bertz CT molecular complexity index is 288. The zero-order valence-electron chi connectivity index (χ0n) is 8.28. The first-order valence-corrected chi connectivity index (χ1v) is 5.21. The third-order valence-corrected chi connectivity index (χ3v) is 2.67. The van der Waals surface area contributed by atoms with Gasteiger partial charge in [-0.2, -0.15) is 15.8 Å². The van der Waals surface area contributed by atoms with Gasteiger partial charge in [0.25, 0.3) is 6.43 Å². The summed E-state index contributed by atoms with van der Waals surface area (Å²) in [5, 5.41) is 7.50. The van der Waals surface area contributed by atoms with E-state index >= 15 is 0 Å². The van der Waals surface area contributed by atoms with E-state index in [1.807, 2.05) is 0 Å². The molecule has 0 amide bonds. The van der Waals surface area contributed by atoms with Gasteiger partial charge in [0.05, 0.1) is 5.55 Å². The van der Waals surface area contributed by atoms with Crippen LogP contribution in [0.2, 0.25) is 0 Å². The van der Waals surface area contributed by atoms with Crippen molar-refractivity contribution in [3.8, 4) is 0 Å². The quantitative estimate of drug-likeness (QED) is 0.332. The molecule has 0 aromatic rings. The topological polar surface area (TPSA) is 51.8 Å². The molecule has 1 aliphatic rings. The smallest absolute Gasteiger partial charge is 0.208 e. The highest BCUT2D eigenvalue weighted by molar-refractivity contribution is 8.15. The molecule has 15 heavy (non-hydrogen) atoms. The highest BCUT2D eigenvalue weighted by Crippen LogP contribution is 2.47. The first-order valence-electron chi connectivity index (χ1n) is 4.33. The van der Waals surface area contributed by atoms with Crippen LogP contribution in [-0.4, -0.2) is 22.6 Å². The first kappa shape index (κ1) is 12.1. The van der Waals surface area contributed by atoms with Crippen LogP contribution in [0.3, 0.4) is 0 Å². The molecular formula is C8H12F2N4S. The number of hydrazone groups is 1. The van der Waals surface area contributed by atoms with Gasteiger partial charge in [0, 0.05) is 0 Å². The normalized spacial score (nSPS) is 18.1. The first-order chi connectivity index (χ1) is 7.03. The van der Waals surface area contributed by atoms with Crippen molar-refractivity contribution >= 4 is 17.3 Å². The van der Waals surface area contributed by atoms with Crippen LogP contribution in [0.25, 0.3) is 0 Å². The molecule has 0 aromatic heterocycles. The minimum atomic E-state index is -2.53. The van der Waals surface area contributed by atoms with E-state index < -0.39 is 12.0 Å². The number of nitrogens with zero attached hydrogens (tertiary/aromatic N) is 3. The van der Waals surface area contributed by atoms with Gasteiger partial charge in [0.1, 0.15) is 5.54 Å². The number of allylic oxidation sites excluding steroid dienone is 1. The third kappa shape index (κ3) is 2.74. The number of thioether (sulfide) groups is 1. The van der Waals surface area contributed by atoms with Crippen LogP contribution in [0.4, 0.5) is 8.78 Å². The second kappa shape index (κ2) is 4.69. The van der Waals surface area contributed by atoms with E-state index in [2.05, 4.69) is 16.9 Å². The van der Waals surface area contributed by atoms with Crippen LogP contribution in [0.1, 0.15) is 19.8 Å². The Kier molecular flexibility index (Phi) is 3.78. The van der Waals surface area contributed by atoms with Crippen molar-refractivity contribution in [3.05, 3.63) is 11.5 Å². The van der Waals surface area contributed by atoms with Crippen molar-refractivity contribution in [2.24, 2.45) is 10.3 Å². The number of rotatable bonds is 6. The highest BCUT2D eigenvalue weighted by Gasteiger charge is 2.57. The molecule has 0 radical (unpaired) electrons. The molecule has 0 heterocycles. The summed E-state index contributed by atoms with van der Waals surface area (Å²) in [7, 11) is 0. The molecule has 1 fully saturated rings. The van der Waals surface area contributed by atoms with E-state index in [-0.39, 0.29) is 0 Å². The molecule has 1 aliphatic carbocycles. The maximum Gasteiger partial charge on any atom is 0.265 e. The van der Waals surface area contributed by atoms with Crippen LogP contribution in [0.15, 0.2) is 21.8 Å². The summed E-state index contributed by atoms with van der Waals surface area (Å²) in [6.45, 7) is 5.39. The van der Waals surface area contributed by atoms with Crippen LogP contribution < -0.4 is 0 Å². The number of hydrogen-bond donors (Lipinski definition) is 1. The molecule has 1 rings (SSSR count). The predicted octanol–water partition coefficient (Wildman–Crippen LogP) is 3.24. The molecule has 0 unspecified atom stereocenters. The minimum absolute atomic E-state index is 0.322. The Hall–Kier alpha value is -0.980. The summed E-state index contributed by atoms with van der Waals surface area (Å²) in [6.07, 6.45) is -1.89. The molecule has 0 bridgehead atoms. The van der Waals surface area contributed by atoms with Gasteiger partial charge < -0.3 is 0 Å². The maximum atomic E-state index is 12.6.